The summed E-state index contributed by atoms with van der Waals surface area (Å²) in [5.41, 5.74) is 1.66. The highest BCUT2D eigenvalue weighted by molar-refractivity contribution is 9.10. The van der Waals surface area contributed by atoms with E-state index in [1.807, 2.05) is 54.6 Å². The van der Waals surface area contributed by atoms with Crippen molar-refractivity contribution in [2.45, 2.75) is 24.7 Å². The molecule has 0 bridgehead atoms. The van der Waals surface area contributed by atoms with Gasteiger partial charge in [-0.1, -0.05) is 70.2 Å². The number of halogens is 1. The first-order valence-electron chi connectivity index (χ1n) is 8.27. The van der Waals surface area contributed by atoms with Gasteiger partial charge in [0.25, 0.3) is 5.56 Å². The molecule has 0 amide bonds. The molecule has 0 aliphatic rings. The van der Waals surface area contributed by atoms with Gasteiger partial charge in [-0.15, -0.1) is 0 Å². The normalized spacial score (nSPS) is 12.7. The van der Waals surface area contributed by atoms with Gasteiger partial charge in [-0.3, -0.25) is 9.36 Å². The zero-order valence-corrected chi connectivity index (χ0v) is 16.7. The number of fused-ring (bicyclic) bond motifs is 1. The Morgan fingerprint density at radius 2 is 2.04 bits per heavy atom. The van der Waals surface area contributed by atoms with E-state index in [0.717, 1.165) is 10.0 Å². The van der Waals surface area contributed by atoms with Gasteiger partial charge in [0.15, 0.2) is 5.16 Å². The average Bonchev–Trinajstić information content (AvgIpc) is 2.63. The summed E-state index contributed by atoms with van der Waals surface area (Å²) >= 11 is 4.88. The fraction of sp³-hybridized carbons (Fsp3) is 0.200. The van der Waals surface area contributed by atoms with Crippen molar-refractivity contribution in [3.63, 3.8) is 0 Å². The van der Waals surface area contributed by atoms with Gasteiger partial charge in [-0.25, -0.2) is 4.98 Å². The van der Waals surface area contributed by atoms with Crippen LogP contribution in [0.5, 0.6) is 0 Å². The quantitative estimate of drug-likeness (QED) is 0.466. The smallest absolute Gasteiger partial charge is 0.262 e. The van der Waals surface area contributed by atoms with Crippen LogP contribution in [0.4, 0.5) is 0 Å². The minimum absolute atomic E-state index is 0.133. The summed E-state index contributed by atoms with van der Waals surface area (Å²) < 4.78 is 2.39. The first-order valence-corrected chi connectivity index (χ1v) is 10.0. The van der Waals surface area contributed by atoms with E-state index in [-0.39, 0.29) is 12.1 Å². The third-order valence-corrected chi connectivity index (χ3v) is 5.17. The lowest BCUT2D eigenvalue weighted by atomic mass is 10.2. The highest BCUT2D eigenvalue weighted by atomic mass is 79.9. The number of hydrogen-bond acceptors (Lipinski definition) is 4. The molecular formula is C20H19BrN2O2S. The summed E-state index contributed by atoms with van der Waals surface area (Å²) in [5, 5.41) is 10.9. The van der Waals surface area contributed by atoms with Crippen LogP contribution < -0.4 is 5.56 Å². The van der Waals surface area contributed by atoms with Crippen molar-refractivity contribution in [2.75, 3.05) is 5.75 Å². The molecule has 0 unspecified atom stereocenters. The van der Waals surface area contributed by atoms with Gasteiger partial charge in [0, 0.05) is 10.2 Å². The second-order valence-corrected chi connectivity index (χ2v) is 7.85. The number of thioether (sulfide) groups is 1. The lowest BCUT2D eigenvalue weighted by Crippen LogP contribution is -2.27. The molecule has 6 heteroatoms. The van der Waals surface area contributed by atoms with Crippen molar-refractivity contribution in [1.29, 1.82) is 0 Å². The molecule has 26 heavy (non-hydrogen) atoms. The molecular weight excluding hydrogens is 412 g/mol. The lowest BCUT2D eigenvalue weighted by Gasteiger charge is -2.14. The number of aliphatic hydroxyl groups excluding tert-OH is 1. The van der Waals surface area contributed by atoms with Crippen molar-refractivity contribution in [2.24, 2.45) is 0 Å². The van der Waals surface area contributed by atoms with Gasteiger partial charge in [-0.05, 0) is 30.7 Å². The molecule has 1 heterocycles. The number of hydrogen-bond donors (Lipinski definition) is 1. The average molecular weight is 431 g/mol. The van der Waals surface area contributed by atoms with Crippen molar-refractivity contribution < 1.29 is 5.11 Å². The number of nitrogens with zero attached hydrogens (tertiary/aromatic N) is 2. The Balaban J connectivity index is 1.89. The van der Waals surface area contributed by atoms with Crippen LogP contribution in [0.25, 0.3) is 17.0 Å². The van der Waals surface area contributed by atoms with Gasteiger partial charge in [0.1, 0.15) is 0 Å². The van der Waals surface area contributed by atoms with Crippen LogP contribution in [0.3, 0.4) is 0 Å². The number of rotatable bonds is 6. The van der Waals surface area contributed by atoms with E-state index < -0.39 is 6.10 Å². The molecule has 1 atom stereocenters. The largest absolute Gasteiger partial charge is 0.392 e. The summed E-state index contributed by atoms with van der Waals surface area (Å²) in [4.78, 5) is 17.5. The van der Waals surface area contributed by atoms with Crippen LogP contribution >= 0.6 is 27.7 Å². The molecule has 0 aliphatic carbocycles. The van der Waals surface area contributed by atoms with E-state index in [0.29, 0.717) is 21.8 Å². The Labute approximate surface area is 164 Å². The Morgan fingerprint density at radius 1 is 1.27 bits per heavy atom. The topological polar surface area (TPSA) is 55.1 Å². The van der Waals surface area contributed by atoms with Gasteiger partial charge in [-0.2, -0.15) is 0 Å². The van der Waals surface area contributed by atoms with Crippen molar-refractivity contribution >= 4 is 44.7 Å². The Bertz CT molecular complexity index is 984. The SMILES string of the molecule is C[C@H](O)Cn1c(SC/C=C/c2ccccc2)nc2ccc(Br)cc2c1=O. The summed E-state index contributed by atoms with van der Waals surface area (Å²) in [7, 11) is 0. The van der Waals surface area contributed by atoms with E-state index in [4.69, 9.17) is 0 Å². The Morgan fingerprint density at radius 3 is 2.77 bits per heavy atom. The van der Waals surface area contributed by atoms with Crippen molar-refractivity contribution in [1.82, 2.24) is 9.55 Å². The number of aromatic nitrogens is 2. The fourth-order valence-corrected chi connectivity index (χ4v) is 3.76. The third-order valence-electron chi connectivity index (χ3n) is 3.75. The van der Waals surface area contributed by atoms with E-state index in [9.17, 15) is 9.90 Å². The highest BCUT2D eigenvalue weighted by Gasteiger charge is 2.13. The third kappa shape index (κ3) is 4.63. The zero-order valence-electron chi connectivity index (χ0n) is 14.3. The second kappa shape index (κ2) is 8.66. The van der Waals surface area contributed by atoms with Crippen LogP contribution in [0.2, 0.25) is 0 Å². The summed E-state index contributed by atoms with van der Waals surface area (Å²) in [6.07, 6.45) is 3.46. The van der Waals surface area contributed by atoms with Gasteiger partial charge < -0.3 is 5.11 Å². The maximum Gasteiger partial charge on any atom is 0.262 e. The van der Waals surface area contributed by atoms with Gasteiger partial charge >= 0.3 is 0 Å². The highest BCUT2D eigenvalue weighted by Crippen LogP contribution is 2.21. The fourth-order valence-electron chi connectivity index (χ4n) is 2.58. The van der Waals surface area contributed by atoms with E-state index >= 15 is 0 Å². The molecule has 4 nitrogen and oxygen atoms in total. The molecule has 2 aromatic carbocycles. The molecule has 3 rings (SSSR count). The van der Waals surface area contributed by atoms with Crippen LogP contribution in [0, 0.1) is 0 Å². The van der Waals surface area contributed by atoms with Crippen molar-refractivity contribution in [3.05, 3.63) is 75.0 Å². The molecule has 0 spiro atoms. The molecule has 0 fully saturated rings. The molecule has 0 saturated carbocycles. The molecule has 1 N–H and O–H groups in total. The summed E-state index contributed by atoms with van der Waals surface area (Å²) in [6, 6.07) is 15.5. The van der Waals surface area contributed by atoms with Crippen LogP contribution in [0.15, 0.2) is 69.0 Å². The lowest BCUT2D eigenvalue weighted by molar-refractivity contribution is 0.168. The van der Waals surface area contributed by atoms with E-state index in [1.165, 1.54) is 11.8 Å². The number of aliphatic hydroxyl groups is 1. The maximum atomic E-state index is 12.9. The molecule has 0 aliphatic heterocycles. The first-order chi connectivity index (χ1) is 12.5. The summed E-state index contributed by atoms with van der Waals surface area (Å²) in [6.45, 7) is 1.89. The molecule has 3 aromatic rings. The molecule has 0 saturated heterocycles. The Kier molecular flexibility index (Phi) is 6.29. The predicted octanol–water partition coefficient (Wildman–Crippen LogP) is 4.35. The standard InChI is InChI=1S/C20H19BrN2O2S/c1-14(24)13-23-19(25)17-12-16(21)9-10-18(17)22-20(23)26-11-5-8-15-6-3-2-4-7-15/h2-10,12,14,24H,11,13H2,1H3/b8-5+/t14-/m0/s1. The van der Waals surface area contributed by atoms with E-state index in [1.54, 1.807) is 17.6 Å². The van der Waals surface area contributed by atoms with Crippen LogP contribution in [-0.2, 0) is 6.54 Å². The predicted molar refractivity (Wildman–Crippen MR) is 112 cm³/mol. The summed E-state index contributed by atoms with van der Waals surface area (Å²) in [5.74, 6) is 0.684. The Hall–Kier alpha value is -1.89. The minimum atomic E-state index is -0.627. The van der Waals surface area contributed by atoms with Crippen LogP contribution in [-0.4, -0.2) is 26.5 Å². The molecule has 134 valence electrons. The minimum Gasteiger partial charge on any atom is -0.392 e. The van der Waals surface area contributed by atoms with Crippen molar-refractivity contribution in [3.8, 4) is 0 Å². The second-order valence-electron chi connectivity index (χ2n) is 5.94. The maximum absolute atomic E-state index is 12.9. The van der Waals surface area contributed by atoms with Crippen LogP contribution in [0.1, 0.15) is 12.5 Å². The van der Waals surface area contributed by atoms with Gasteiger partial charge in [0.2, 0.25) is 0 Å². The molecule has 0 radical (unpaired) electrons. The first kappa shape index (κ1) is 18.9. The zero-order chi connectivity index (χ0) is 18.5. The molecule has 1 aromatic heterocycles. The van der Waals surface area contributed by atoms with E-state index in [2.05, 4.69) is 20.9 Å². The number of benzene rings is 2. The van der Waals surface area contributed by atoms with Gasteiger partial charge in [0.05, 0.1) is 23.6 Å². The monoisotopic (exact) mass is 430 g/mol.